The fourth-order valence-corrected chi connectivity index (χ4v) is 2.15. The Morgan fingerprint density at radius 2 is 2.20 bits per heavy atom. The molecule has 78 valence electrons. The van der Waals surface area contributed by atoms with Gasteiger partial charge in [0.15, 0.2) is 6.29 Å². The largest absolute Gasteiger partial charge is 0.380 e. The third-order valence-corrected chi connectivity index (χ3v) is 3.10. The average molecular weight is 204 g/mol. The van der Waals surface area contributed by atoms with Crippen LogP contribution in [0.25, 0.3) is 0 Å². The molecule has 0 radical (unpaired) electrons. The summed E-state index contributed by atoms with van der Waals surface area (Å²) in [5, 5.41) is 0. The van der Waals surface area contributed by atoms with Crippen LogP contribution in [-0.2, 0) is 4.74 Å². The van der Waals surface area contributed by atoms with E-state index < -0.39 is 0 Å². The molecular weight excluding hydrogens is 192 g/mol. The van der Waals surface area contributed by atoms with Crippen LogP contribution in [0.5, 0.6) is 0 Å². The minimum Gasteiger partial charge on any atom is -0.380 e. The van der Waals surface area contributed by atoms with Crippen LogP contribution < -0.4 is 4.90 Å². The molecule has 1 aromatic heterocycles. The normalized spacial score (nSPS) is 22.0. The molecule has 4 nitrogen and oxygen atoms in total. The first kappa shape index (κ1) is 8.85. The summed E-state index contributed by atoms with van der Waals surface area (Å²) >= 11 is 0. The third kappa shape index (κ3) is 1.33. The van der Waals surface area contributed by atoms with Crippen LogP contribution in [0.4, 0.5) is 5.82 Å². The summed E-state index contributed by atoms with van der Waals surface area (Å²) in [7, 11) is 0. The topological polar surface area (TPSA) is 42.4 Å². The zero-order valence-corrected chi connectivity index (χ0v) is 8.35. The first-order valence-corrected chi connectivity index (χ1v) is 5.05. The highest BCUT2D eigenvalue weighted by Gasteiger charge is 2.49. The molecule has 0 unspecified atom stereocenters. The summed E-state index contributed by atoms with van der Waals surface area (Å²) in [4.78, 5) is 16.9. The van der Waals surface area contributed by atoms with Gasteiger partial charge in [-0.3, -0.25) is 4.79 Å². The van der Waals surface area contributed by atoms with E-state index in [0.717, 1.165) is 38.4 Å². The number of hydrogen-bond donors (Lipinski definition) is 0. The van der Waals surface area contributed by atoms with Crippen molar-refractivity contribution >= 4 is 12.1 Å². The molecule has 0 bridgehead atoms. The van der Waals surface area contributed by atoms with E-state index in [9.17, 15) is 4.79 Å². The molecule has 0 saturated carbocycles. The van der Waals surface area contributed by atoms with E-state index in [1.807, 2.05) is 6.07 Å². The molecule has 2 aliphatic heterocycles. The minimum atomic E-state index is 0.408. The Bertz CT molecular complexity index is 376. The van der Waals surface area contributed by atoms with Crippen LogP contribution in [0.15, 0.2) is 18.3 Å². The maximum atomic E-state index is 10.5. The molecule has 0 atom stereocenters. The van der Waals surface area contributed by atoms with Crippen LogP contribution >= 0.6 is 0 Å². The minimum absolute atomic E-state index is 0.408. The second-order valence-electron chi connectivity index (χ2n) is 4.42. The first-order chi connectivity index (χ1) is 7.31. The van der Waals surface area contributed by atoms with Gasteiger partial charge in [-0.25, -0.2) is 4.98 Å². The predicted molar refractivity (Wildman–Crippen MR) is 55.1 cm³/mol. The fraction of sp³-hybridized carbons (Fsp3) is 0.455. The second-order valence-corrected chi connectivity index (χ2v) is 4.42. The Balaban J connectivity index is 1.70. The van der Waals surface area contributed by atoms with Crippen molar-refractivity contribution in [3.05, 3.63) is 23.9 Å². The lowest BCUT2D eigenvalue weighted by molar-refractivity contribution is -0.127. The number of hydrogen-bond acceptors (Lipinski definition) is 4. The van der Waals surface area contributed by atoms with Crippen LogP contribution in [0.2, 0.25) is 0 Å². The molecule has 4 heteroatoms. The number of aromatic nitrogens is 1. The molecule has 2 aliphatic rings. The van der Waals surface area contributed by atoms with Crippen molar-refractivity contribution in [2.75, 3.05) is 31.2 Å². The molecule has 0 amide bonds. The maximum Gasteiger partial charge on any atom is 0.151 e. The van der Waals surface area contributed by atoms with Crippen molar-refractivity contribution in [1.29, 1.82) is 0 Å². The van der Waals surface area contributed by atoms with Gasteiger partial charge in [0, 0.05) is 24.8 Å². The number of carbonyl (C=O) groups is 1. The summed E-state index contributed by atoms with van der Waals surface area (Å²) in [6.45, 7) is 3.83. The lowest BCUT2D eigenvalue weighted by Crippen LogP contribution is -2.66. The third-order valence-electron chi connectivity index (χ3n) is 3.10. The Morgan fingerprint density at radius 3 is 2.67 bits per heavy atom. The van der Waals surface area contributed by atoms with Gasteiger partial charge in [0.25, 0.3) is 0 Å². The molecule has 15 heavy (non-hydrogen) atoms. The van der Waals surface area contributed by atoms with Gasteiger partial charge in [-0.1, -0.05) is 0 Å². The first-order valence-electron chi connectivity index (χ1n) is 5.05. The van der Waals surface area contributed by atoms with Gasteiger partial charge in [0.1, 0.15) is 5.82 Å². The number of ether oxygens (including phenoxy) is 1. The van der Waals surface area contributed by atoms with Crippen molar-refractivity contribution in [2.45, 2.75) is 0 Å². The van der Waals surface area contributed by atoms with E-state index in [1.54, 1.807) is 12.3 Å². The van der Waals surface area contributed by atoms with Crippen molar-refractivity contribution in [3.8, 4) is 0 Å². The molecule has 0 aliphatic carbocycles. The summed E-state index contributed by atoms with van der Waals surface area (Å²) < 4.78 is 5.21. The Kier molecular flexibility index (Phi) is 1.79. The van der Waals surface area contributed by atoms with Gasteiger partial charge in [-0.05, 0) is 12.1 Å². The number of carbonyl (C=O) groups excluding carboxylic acids is 1. The lowest BCUT2D eigenvalue weighted by Gasteiger charge is -2.55. The quantitative estimate of drug-likeness (QED) is 0.666. The summed E-state index contributed by atoms with van der Waals surface area (Å²) in [5.74, 6) is 0.957. The molecular formula is C11H12N2O2. The van der Waals surface area contributed by atoms with E-state index >= 15 is 0 Å². The number of aldehydes is 1. The van der Waals surface area contributed by atoms with Gasteiger partial charge in [0.2, 0.25) is 0 Å². The Hall–Kier alpha value is -1.42. The van der Waals surface area contributed by atoms with Gasteiger partial charge >= 0.3 is 0 Å². The summed E-state index contributed by atoms with van der Waals surface area (Å²) in [5.41, 5.74) is 1.03. The van der Waals surface area contributed by atoms with E-state index in [4.69, 9.17) is 4.74 Å². The number of pyridine rings is 1. The van der Waals surface area contributed by atoms with E-state index in [1.165, 1.54) is 0 Å². The van der Waals surface area contributed by atoms with Gasteiger partial charge in [0.05, 0.1) is 18.6 Å². The molecule has 3 heterocycles. The van der Waals surface area contributed by atoms with Crippen LogP contribution in [-0.4, -0.2) is 37.6 Å². The zero-order valence-electron chi connectivity index (χ0n) is 8.35. The SMILES string of the molecule is O=Cc1ccc(N2CC3(COC3)C2)nc1. The second kappa shape index (κ2) is 3.03. The summed E-state index contributed by atoms with van der Waals surface area (Å²) in [6, 6.07) is 3.70. The van der Waals surface area contributed by atoms with E-state index in [-0.39, 0.29) is 0 Å². The smallest absolute Gasteiger partial charge is 0.151 e. The fourth-order valence-electron chi connectivity index (χ4n) is 2.15. The molecule has 2 fully saturated rings. The van der Waals surface area contributed by atoms with Crippen LogP contribution in [0, 0.1) is 5.41 Å². The molecule has 3 rings (SSSR count). The highest BCUT2D eigenvalue weighted by molar-refractivity contribution is 5.74. The number of anilines is 1. The van der Waals surface area contributed by atoms with Crippen LogP contribution in [0.1, 0.15) is 10.4 Å². The van der Waals surface area contributed by atoms with Crippen LogP contribution in [0.3, 0.4) is 0 Å². The number of nitrogens with zero attached hydrogens (tertiary/aromatic N) is 2. The zero-order chi connectivity index (χ0) is 10.3. The van der Waals surface area contributed by atoms with Gasteiger partial charge < -0.3 is 9.64 Å². The van der Waals surface area contributed by atoms with Gasteiger partial charge in [-0.2, -0.15) is 0 Å². The van der Waals surface area contributed by atoms with E-state index in [0.29, 0.717) is 11.0 Å². The summed E-state index contributed by atoms with van der Waals surface area (Å²) in [6.07, 6.45) is 2.43. The van der Waals surface area contributed by atoms with Crippen molar-refractivity contribution in [3.63, 3.8) is 0 Å². The average Bonchev–Trinajstić information content (AvgIpc) is 2.14. The highest BCUT2D eigenvalue weighted by Crippen LogP contribution is 2.39. The molecule has 1 aromatic rings. The molecule has 0 aromatic carbocycles. The molecule has 0 N–H and O–H groups in total. The highest BCUT2D eigenvalue weighted by atomic mass is 16.5. The van der Waals surface area contributed by atoms with Crippen molar-refractivity contribution in [1.82, 2.24) is 4.98 Å². The van der Waals surface area contributed by atoms with E-state index in [2.05, 4.69) is 9.88 Å². The predicted octanol–water partition coefficient (Wildman–Crippen LogP) is 0.731. The monoisotopic (exact) mass is 204 g/mol. The van der Waals surface area contributed by atoms with Gasteiger partial charge in [-0.15, -0.1) is 0 Å². The van der Waals surface area contributed by atoms with Crippen molar-refractivity contribution < 1.29 is 9.53 Å². The molecule has 1 spiro atoms. The lowest BCUT2D eigenvalue weighted by atomic mass is 9.78. The maximum absolute atomic E-state index is 10.5. The molecule has 2 saturated heterocycles. The Morgan fingerprint density at radius 1 is 1.40 bits per heavy atom. The standard InChI is InChI=1S/C11H12N2O2/c14-4-9-1-2-10(12-3-9)13-5-11(6-13)7-15-8-11/h1-4H,5-8H2. The van der Waals surface area contributed by atoms with Crippen molar-refractivity contribution in [2.24, 2.45) is 5.41 Å². The Labute approximate surface area is 87.9 Å². The number of rotatable bonds is 2.